The van der Waals surface area contributed by atoms with Gasteiger partial charge in [-0.3, -0.25) is 4.79 Å². The SMILES string of the molecule is CCCc1nnsc1C(=O)Nc1c(N)cc(C)cc1Br. The van der Waals surface area contributed by atoms with E-state index < -0.39 is 0 Å². The zero-order valence-corrected chi connectivity index (χ0v) is 13.6. The molecule has 0 saturated carbocycles. The molecule has 0 aliphatic rings. The van der Waals surface area contributed by atoms with E-state index in [2.05, 4.69) is 30.8 Å². The molecule has 1 heterocycles. The fourth-order valence-electron chi connectivity index (χ4n) is 1.85. The lowest BCUT2D eigenvalue weighted by Gasteiger charge is -2.11. The second-order valence-electron chi connectivity index (χ2n) is 4.46. The number of rotatable bonds is 4. The predicted octanol–water partition coefficient (Wildman–Crippen LogP) is 3.40. The average molecular weight is 355 g/mol. The smallest absolute Gasteiger partial charge is 0.269 e. The number of carbonyl (C=O) groups excluding carboxylic acids is 1. The standard InChI is InChI=1S/C13H15BrN4OS/c1-3-4-10-12(20-18-17-10)13(19)16-11-8(14)5-7(2)6-9(11)15/h5-6H,3-4,15H2,1-2H3,(H,16,19). The van der Waals surface area contributed by atoms with Gasteiger partial charge in [-0.25, -0.2) is 0 Å². The molecule has 5 nitrogen and oxygen atoms in total. The van der Waals surface area contributed by atoms with E-state index in [0.717, 1.165) is 40.1 Å². The Morgan fingerprint density at radius 3 is 2.90 bits per heavy atom. The second kappa shape index (κ2) is 6.32. The molecule has 7 heteroatoms. The van der Waals surface area contributed by atoms with Crippen LogP contribution in [0.5, 0.6) is 0 Å². The third kappa shape index (κ3) is 3.16. The number of amides is 1. The van der Waals surface area contributed by atoms with Crippen molar-refractivity contribution in [3.05, 3.63) is 32.7 Å². The minimum atomic E-state index is -0.222. The van der Waals surface area contributed by atoms with Gasteiger partial charge in [0.1, 0.15) is 4.88 Å². The zero-order valence-electron chi connectivity index (χ0n) is 11.2. The van der Waals surface area contributed by atoms with Crippen molar-refractivity contribution in [1.29, 1.82) is 0 Å². The van der Waals surface area contributed by atoms with Crippen LogP contribution in [-0.4, -0.2) is 15.5 Å². The Kier molecular flexibility index (Phi) is 4.72. The molecule has 1 amide bonds. The van der Waals surface area contributed by atoms with E-state index in [9.17, 15) is 4.79 Å². The third-order valence-corrected chi connectivity index (χ3v) is 4.14. The minimum absolute atomic E-state index is 0.222. The summed E-state index contributed by atoms with van der Waals surface area (Å²) in [7, 11) is 0. The zero-order chi connectivity index (χ0) is 14.7. The van der Waals surface area contributed by atoms with Crippen LogP contribution >= 0.6 is 27.5 Å². The second-order valence-corrected chi connectivity index (χ2v) is 6.07. The Hall–Kier alpha value is -1.47. The Morgan fingerprint density at radius 2 is 2.25 bits per heavy atom. The molecule has 106 valence electrons. The van der Waals surface area contributed by atoms with Crippen LogP contribution in [0.3, 0.4) is 0 Å². The molecule has 0 radical (unpaired) electrons. The lowest BCUT2D eigenvalue weighted by molar-refractivity contribution is 0.102. The van der Waals surface area contributed by atoms with E-state index >= 15 is 0 Å². The van der Waals surface area contributed by atoms with E-state index in [1.54, 1.807) is 0 Å². The van der Waals surface area contributed by atoms with Crippen molar-refractivity contribution in [3.63, 3.8) is 0 Å². The molecule has 0 bridgehead atoms. The first-order valence-corrected chi connectivity index (χ1v) is 7.77. The van der Waals surface area contributed by atoms with Crippen molar-refractivity contribution >= 4 is 44.7 Å². The molecule has 0 aliphatic carbocycles. The van der Waals surface area contributed by atoms with Gasteiger partial charge in [0.25, 0.3) is 5.91 Å². The summed E-state index contributed by atoms with van der Waals surface area (Å²) in [5, 5.41) is 6.82. The molecule has 0 fully saturated rings. The predicted molar refractivity (Wildman–Crippen MR) is 85.1 cm³/mol. The van der Waals surface area contributed by atoms with Crippen LogP contribution in [0.4, 0.5) is 11.4 Å². The Labute approximate surface area is 129 Å². The van der Waals surface area contributed by atoms with E-state index in [1.807, 2.05) is 26.0 Å². The topological polar surface area (TPSA) is 80.9 Å². The first-order valence-electron chi connectivity index (χ1n) is 6.21. The van der Waals surface area contributed by atoms with E-state index in [-0.39, 0.29) is 5.91 Å². The lowest BCUT2D eigenvalue weighted by atomic mass is 10.2. The highest BCUT2D eigenvalue weighted by atomic mass is 79.9. The number of halogens is 1. The number of nitrogen functional groups attached to an aromatic ring is 1. The highest BCUT2D eigenvalue weighted by molar-refractivity contribution is 9.10. The molecule has 0 unspecified atom stereocenters. The van der Waals surface area contributed by atoms with Crippen LogP contribution in [0, 0.1) is 6.92 Å². The molecule has 0 saturated heterocycles. The number of aromatic nitrogens is 2. The fraction of sp³-hybridized carbons (Fsp3) is 0.308. The van der Waals surface area contributed by atoms with Gasteiger partial charge in [0.05, 0.1) is 17.1 Å². The van der Waals surface area contributed by atoms with Gasteiger partial charge in [-0.15, -0.1) is 5.10 Å². The lowest BCUT2D eigenvalue weighted by Crippen LogP contribution is -2.14. The van der Waals surface area contributed by atoms with Crippen molar-refractivity contribution in [3.8, 4) is 0 Å². The summed E-state index contributed by atoms with van der Waals surface area (Å²) in [4.78, 5) is 12.8. The first kappa shape index (κ1) is 14.9. The van der Waals surface area contributed by atoms with E-state index in [1.165, 1.54) is 0 Å². The van der Waals surface area contributed by atoms with Gasteiger partial charge in [-0.2, -0.15) is 0 Å². The number of hydrogen-bond acceptors (Lipinski definition) is 5. The van der Waals surface area contributed by atoms with Crippen LogP contribution in [0.15, 0.2) is 16.6 Å². The van der Waals surface area contributed by atoms with Gasteiger partial charge >= 0.3 is 0 Å². The van der Waals surface area contributed by atoms with E-state index in [0.29, 0.717) is 16.3 Å². The summed E-state index contributed by atoms with van der Waals surface area (Å²) in [6, 6.07) is 3.72. The van der Waals surface area contributed by atoms with Crippen molar-refractivity contribution in [2.24, 2.45) is 0 Å². The molecule has 0 spiro atoms. The number of aryl methyl sites for hydroxylation is 2. The number of carbonyl (C=O) groups is 1. The number of anilines is 2. The van der Waals surface area contributed by atoms with Gasteiger partial charge in [-0.1, -0.05) is 17.8 Å². The summed E-state index contributed by atoms with van der Waals surface area (Å²) in [5.41, 5.74) is 8.82. The highest BCUT2D eigenvalue weighted by Gasteiger charge is 2.18. The van der Waals surface area contributed by atoms with Gasteiger partial charge in [0, 0.05) is 4.47 Å². The molecule has 1 aromatic heterocycles. The molecule has 2 aromatic rings. The van der Waals surface area contributed by atoms with Gasteiger partial charge in [-0.05, 0) is 58.5 Å². The molecule has 0 aliphatic heterocycles. The maximum Gasteiger partial charge on any atom is 0.269 e. The molecule has 2 rings (SSSR count). The Morgan fingerprint density at radius 1 is 1.50 bits per heavy atom. The molecule has 1 aromatic carbocycles. The van der Waals surface area contributed by atoms with Gasteiger partial charge in [0.15, 0.2) is 0 Å². The molecular weight excluding hydrogens is 340 g/mol. The molecule has 20 heavy (non-hydrogen) atoms. The minimum Gasteiger partial charge on any atom is -0.397 e. The van der Waals surface area contributed by atoms with E-state index in [4.69, 9.17) is 5.73 Å². The number of benzene rings is 1. The van der Waals surface area contributed by atoms with Crippen molar-refractivity contribution < 1.29 is 4.79 Å². The largest absolute Gasteiger partial charge is 0.397 e. The third-order valence-electron chi connectivity index (χ3n) is 2.75. The van der Waals surface area contributed by atoms with Gasteiger partial charge < -0.3 is 11.1 Å². The van der Waals surface area contributed by atoms with Crippen LogP contribution in [0.25, 0.3) is 0 Å². The maximum atomic E-state index is 12.3. The maximum absolute atomic E-state index is 12.3. The average Bonchev–Trinajstić information content (AvgIpc) is 2.82. The van der Waals surface area contributed by atoms with Crippen LogP contribution in [-0.2, 0) is 6.42 Å². The highest BCUT2D eigenvalue weighted by Crippen LogP contribution is 2.31. The quantitative estimate of drug-likeness (QED) is 0.824. The summed E-state index contributed by atoms with van der Waals surface area (Å²) in [5.74, 6) is -0.222. The monoisotopic (exact) mass is 354 g/mol. The number of hydrogen-bond donors (Lipinski definition) is 2. The van der Waals surface area contributed by atoms with Crippen molar-refractivity contribution in [2.75, 3.05) is 11.1 Å². The molecule has 0 atom stereocenters. The number of nitrogens with zero attached hydrogens (tertiary/aromatic N) is 2. The molecule has 3 N–H and O–H groups in total. The summed E-state index contributed by atoms with van der Waals surface area (Å²) in [6.45, 7) is 3.98. The Balaban J connectivity index is 2.26. The van der Waals surface area contributed by atoms with Crippen molar-refractivity contribution in [2.45, 2.75) is 26.7 Å². The molecular formula is C13H15BrN4OS. The normalized spacial score (nSPS) is 10.6. The van der Waals surface area contributed by atoms with Crippen LogP contribution < -0.4 is 11.1 Å². The number of nitrogens with one attached hydrogen (secondary N) is 1. The van der Waals surface area contributed by atoms with Crippen LogP contribution in [0.2, 0.25) is 0 Å². The fourth-order valence-corrected chi connectivity index (χ4v) is 3.15. The first-order chi connectivity index (χ1) is 9.52. The Bertz CT molecular complexity index is 618. The van der Waals surface area contributed by atoms with Crippen LogP contribution in [0.1, 0.15) is 34.3 Å². The van der Waals surface area contributed by atoms with Crippen molar-refractivity contribution in [1.82, 2.24) is 9.59 Å². The summed E-state index contributed by atoms with van der Waals surface area (Å²) < 4.78 is 4.61. The van der Waals surface area contributed by atoms with Gasteiger partial charge in [0.2, 0.25) is 0 Å². The number of nitrogens with two attached hydrogens (primary N) is 1. The summed E-state index contributed by atoms with van der Waals surface area (Å²) in [6.07, 6.45) is 1.66. The summed E-state index contributed by atoms with van der Waals surface area (Å²) >= 11 is 4.52.